The predicted molar refractivity (Wildman–Crippen MR) is 155 cm³/mol. The first-order valence-corrected chi connectivity index (χ1v) is 14.4. The van der Waals surface area contributed by atoms with Gasteiger partial charge in [-0.3, -0.25) is 10.0 Å². The van der Waals surface area contributed by atoms with Gasteiger partial charge in [-0.15, -0.1) is 5.92 Å². The summed E-state index contributed by atoms with van der Waals surface area (Å²) >= 11 is 0. The second-order valence-electron chi connectivity index (χ2n) is 9.13. The van der Waals surface area contributed by atoms with E-state index in [4.69, 9.17) is 9.47 Å². The van der Waals surface area contributed by atoms with E-state index in [1.807, 2.05) is 30.3 Å². The Kier molecular flexibility index (Phi) is 11.7. The molecule has 0 fully saturated rings. The molecule has 4 N–H and O–H groups in total. The van der Waals surface area contributed by atoms with E-state index in [1.165, 1.54) is 48.9 Å². The highest BCUT2D eigenvalue weighted by Gasteiger charge is 2.34. The lowest BCUT2D eigenvalue weighted by atomic mass is 10.0. The standard InChI is InChI=1S/C30H33N3O8S/c1-3-4-19-40-26-14-16-27(17-15-26)42(38,39)33(2)28(29(34)32-37)23-10-12-25(13-11-23)41-20-18-24(31-30(35)36)21-22-8-6-5-7-9-22/h5-17,24,28,31,37H,18-21H2,1-2H3,(H,32,34)(H,35,36). The van der Waals surface area contributed by atoms with Gasteiger partial charge in [-0.2, -0.15) is 4.31 Å². The van der Waals surface area contributed by atoms with Crippen LogP contribution in [0.1, 0.15) is 30.5 Å². The summed E-state index contributed by atoms with van der Waals surface area (Å²) in [4.78, 5) is 23.8. The fourth-order valence-corrected chi connectivity index (χ4v) is 5.46. The molecule has 0 bridgehead atoms. The summed E-state index contributed by atoms with van der Waals surface area (Å²) in [6.07, 6.45) is -0.231. The number of rotatable bonds is 14. The van der Waals surface area contributed by atoms with Crippen LogP contribution in [0, 0.1) is 11.8 Å². The van der Waals surface area contributed by atoms with Crippen LogP contribution < -0.4 is 20.3 Å². The third kappa shape index (κ3) is 8.97. The van der Waals surface area contributed by atoms with Crippen molar-refractivity contribution in [2.24, 2.45) is 0 Å². The largest absolute Gasteiger partial charge is 0.494 e. The summed E-state index contributed by atoms with van der Waals surface area (Å²) in [5.41, 5.74) is 2.81. The van der Waals surface area contributed by atoms with Crippen molar-refractivity contribution in [2.75, 3.05) is 20.3 Å². The monoisotopic (exact) mass is 595 g/mol. The summed E-state index contributed by atoms with van der Waals surface area (Å²) in [5, 5.41) is 21.1. The van der Waals surface area contributed by atoms with Crippen LogP contribution in [0.5, 0.6) is 11.5 Å². The Hall–Kier alpha value is -4.57. The van der Waals surface area contributed by atoms with Crippen molar-refractivity contribution in [3.8, 4) is 23.3 Å². The van der Waals surface area contributed by atoms with Crippen molar-refractivity contribution in [1.82, 2.24) is 15.1 Å². The van der Waals surface area contributed by atoms with Gasteiger partial charge in [-0.05, 0) is 60.9 Å². The van der Waals surface area contributed by atoms with Crippen LogP contribution in [0.15, 0.2) is 83.8 Å². The number of carboxylic acid groups (broad SMARTS) is 1. The number of ether oxygens (including phenoxy) is 2. The fourth-order valence-electron chi connectivity index (χ4n) is 4.16. The predicted octanol–water partition coefficient (Wildman–Crippen LogP) is 3.60. The Labute approximate surface area is 245 Å². The molecule has 12 heteroatoms. The van der Waals surface area contributed by atoms with E-state index in [9.17, 15) is 28.3 Å². The number of amides is 2. The van der Waals surface area contributed by atoms with Crippen molar-refractivity contribution in [2.45, 2.75) is 36.7 Å². The van der Waals surface area contributed by atoms with Crippen LogP contribution in [0.3, 0.4) is 0 Å². The second-order valence-corrected chi connectivity index (χ2v) is 11.1. The molecule has 0 aliphatic heterocycles. The van der Waals surface area contributed by atoms with Gasteiger partial charge in [0.1, 0.15) is 24.1 Å². The zero-order valence-corrected chi connectivity index (χ0v) is 24.0. The average Bonchev–Trinajstić information content (AvgIpc) is 2.98. The number of hydrogen-bond donors (Lipinski definition) is 4. The maximum atomic E-state index is 13.3. The van der Waals surface area contributed by atoms with E-state index in [1.54, 1.807) is 19.1 Å². The molecule has 2 atom stereocenters. The summed E-state index contributed by atoms with van der Waals surface area (Å²) in [6, 6.07) is 19.6. The van der Waals surface area contributed by atoms with Gasteiger partial charge in [-0.25, -0.2) is 18.7 Å². The Balaban J connectivity index is 1.69. The lowest BCUT2D eigenvalue weighted by molar-refractivity contribution is -0.133. The molecule has 0 saturated carbocycles. The van der Waals surface area contributed by atoms with Crippen LogP contribution in [0.4, 0.5) is 4.79 Å². The van der Waals surface area contributed by atoms with Crippen molar-refractivity contribution < 1.29 is 37.8 Å². The summed E-state index contributed by atoms with van der Waals surface area (Å²) in [6.45, 7) is 2.05. The molecule has 3 aromatic rings. The maximum Gasteiger partial charge on any atom is 0.404 e. The molecule has 42 heavy (non-hydrogen) atoms. The molecular weight excluding hydrogens is 562 g/mol. The zero-order chi connectivity index (χ0) is 30.5. The molecule has 11 nitrogen and oxygen atoms in total. The number of hydroxylamine groups is 1. The van der Waals surface area contributed by atoms with Crippen LogP contribution in [-0.2, 0) is 21.2 Å². The highest BCUT2D eigenvalue weighted by Crippen LogP contribution is 2.29. The van der Waals surface area contributed by atoms with Crippen LogP contribution in [0.2, 0.25) is 0 Å². The number of sulfonamides is 1. The molecule has 0 heterocycles. The summed E-state index contributed by atoms with van der Waals surface area (Å²) in [5.74, 6) is 5.37. The second kappa shape index (κ2) is 15.4. The molecule has 0 spiro atoms. The topological polar surface area (TPSA) is 154 Å². The molecule has 222 valence electrons. The van der Waals surface area contributed by atoms with Gasteiger partial charge < -0.3 is 19.9 Å². The van der Waals surface area contributed by atoms with Gasteiger partial charge in [0.2, 0.25) is 10.0 Å². The molecular formula is C30H33N3O8S. The van der Waals surface area contributed by atoms with E-state index < -0.39 is 28.1 Å². The Morgan fingerprint density at radius 3 is 2.17 bits per heavy atom. The van der Waals surface area contributed by atoms with Gasteiger partial charge in [0, 0.05) is 19.5 Å². The smallest absolute Gasteiger partial charge is 0.404 e. The lowest BCUT2D eigenvalue weighted by Gasteiger charge is -2.26. The van der Waals surface area contributed by atoms with Crippen molar-refractivity contribution in [3.05, 3.63) is 90.0 Å². The van der Waals surface area contributed by atoms with Crippen molar-refractivity contribution in [3.63, 3.8) is 0 Å². The highest BCUT2D eigenvalue weighted by molar-refractivity contribution is 7.89. The minimum Gasteiger partial charge on any atom is -0.494 e. The SMILES string of the molecule is CC#CCOc1ccc(S(=O)(=O)N(C)C(C(=O)NO)c2ccc(OCCC(Cc3ccccc3)NC(=O)O)cc2)cc1. The van der Waals surface area contributed by atoms with Gasteiger partial charge in [0.15, 0.2) is 0 Å². The molecule has 0 radical (unpaired) electrons. The molecule has 2 amide bonds. The van der Waals surface area contributed by atoms with E-state index in [-0.39, 0.29) is 29.7 Å². The fraction of sp³-hybridized carbons (Fsp3) is 0.267. The Morgan fingerprint density at radius 1 is 0.952 bits per heavy atom. The molecule has 3 rings (SSSR count). The van der Waals surface area contributed by atoms with E-state index in [0.29, 0.717) is 24.3 Å². The van der Waals surface area contributed by atoms with Crippen molar-refractivity contribution >= 4 is 22.0 Å². The van der Waals surface area contributed by atoms with Crippen LogP contribution in [-0.4, -0.2) is 61.3 Å². The normalized spacial score (nSPS) is 12.4. The zero-order valence-electron chi connectivity index (χ0n) is 23.2. The Morgan fingerprint density at radius 2 is 1.57 bits per heavy atom. The van der Waals surface area contributed by atoms with Crippen LogP contribution in [0.25, 0.3) is 0 Å². The highest BCUT2D eigenvalue weighted by atomic mass is 32.2. The number of nitrogens with zero attached hydrogens (tertiary/aromatic N) is 1. The van der Waals surface area contributed by atoms with E-state index in [2.05, 4.69) is 17.2 Å². The van der Waals surface area contributed by atoms with Crippen molar-refractivity contribution in [1.29, 1.82) is 0 Å². The number of carbonyl (C=O) groups excluding carboxylic acids is 1. The maximum absolute atomic E-state index is 13.3. The van der Waals surface area contributed by atoms with Gasteiger partial charge >= 0.3 is 6.09 Å². The van der Waals surface area contributed by atoms with Gasteiger partial charge in [0.05, 0.1) is 11.5 Å². The van der Waals surface area contributed by atoms with Gasteiger partial charge in [0.25, 0.3) is 5.91 Å². The molecule has 0 aliphatic rings. The van der Waals surface area contributed by atoms with E-state index >= 15 is 0 Å². The number of nitrogens with one attached hydrogen (secondary N) is 2. The van der Waals surface area contributed by atoms with Gasteiger partial charge in [-0.1, -0.05) is 48.4 Å². The summed E-state index contributed by atoms with van der Waals surface area (Å²) in [7, 11) is -2.92. The first kappa shape index (κ1) is 32.0. The summed E-state index contributed by atoms with van der Waals surface area (Å²) < 4.78 is 38.8. The lowest BCUT2D eigenvalue weighted by Crippen LogP contribution is -2.40. The number of benzene rings is 3. The minimum atomic E-state index is -4.16. The third-order valence-electron chi connectivity index (χ3n) is 6.29. The molecule has 3 aromatic carbocycles. The first-order valence-electron chi connectivity index (χ1n) is 13.0. The molecule has 2 unspecified atom stereocenters. The number of hydrogen-bond acceptors (Lipinski definition) is 7. The molecule has 0 saturated heterocycles. The number of likely N-dealkylation sites (N-methyl/N-ethyl adjacent to an activating group) is 1. The minimum absolute atomic E-state index is 0.0744. The third-order valence-corrected chi connectivity index (χ3v) is 8.13. The molecule has 0 aliphatic carbocycles. The number of carbonyl (C=O) groups is 2. The van der Waals surface area contributed by atoms with E-state index in [0.717, 1.165) is 9.87 Å². The average molecular weight is 596 g/mol. The first-order chi connectivity index (χ1) is 20.1. The Bertz CT molecular complexity index is 1490. The quantitative estimate of drug-likeness (QED) is 0.125. The molecule has 0 aromatic heterocycles. The van der Waals surface area contributed by atoms with Crippen LogP contribution >= 0.6 is 0 Å².